The zero-order chi connectivity index (χ0) is 25.2. The number of nitrogens with zero attached hydrogens (tertiary/aromatic N) is 2. The number of aliphatic hydroxyl groups is 1. The molecule has 184 valence electrons. The van der Waals surface area contributed by atoms with Crippen molar-refractivity contribution in [2.75, 3.05) is 18.6 Å². The molecule has 4 aromatic rings. The van der Waals surface area contributed by atoms with Crippen LogP contribution in [0.15, 0.2) is 71.3 Å². The molecule has 1 aliphatic heterocycles. The first kappa shape index (κ1) is 24.0. The normalized spacial score (nSPS) is 15.7. The van der Waals surface area contributed by atoms with Crippen molar-refractivity contribution in [1.82, 2.24) is 4.98 Å². The number of thiophene rings is 1. The topological polar surface area (TPSA) is 89.0 Å². The van der Waals surface area contributed by atoms with Crippen LogP contribution in [0.5, 0.6) is 11.5 Å². The summed E-state index contributed by atoms with van der Waals surface area (Å²) in [6.07, 6.45) is 1.92. The van der Waals surface area contributed by atoms with Gasteiger partial charge in [-0.25, -0.2) is 4.98 Å². The average Bonchev–Trinajstić information content (AvgIpc) is 3.62. The fourth-order valence-corrected chi connectivity index (χ4v) is 5.82. The number of ether oxygens (including phenoxy) is 2. The molecule has 9 heteroatoms. The molecule has 36 heavy (non-hydrogen) atoms. The molecule has 0 saturated carbocycles. The van der Waals surface area contributed by atoms with E-state index in [1.54, 1.807) is 30.7 Å². The van der Waals surface area contributed by atoms with Gasteiger partial charge in [-0.3, -0.25) is 14.5 Å². The molecule has 1 atom stereocenters. The monoisotopic (exact) mass is 520 g/mol. The summed E-state index contributed by atoms with van der Waals surface area (Å²) in [6, 6.07) is 15.4. The first-order valence-electron chi connectivity index (χ1n) is 11.5. The van der Waals surface area contributed by atoms with Gasteiger partial charge in [0, 0.05) is 0 Å². The summed E-state index contributed by atoms with van der Waals surface area (Å²) in [5.41, 5.74) is 1.37. The van der Waals surface area contributed by atoms with Crippen molar-refractivity contribution in [3.05, 3.63) is 81.8 Å². The number of rotatable bonds is 9. The number of aliphatic hydroxyl groups excluding tert-OH is 1. The van der Waals surface area contributed by atoms with Crippen LogP contribution in [0.1, 0.15) is 41.0 Å². The number of fused-ring (bicyclic) bond motifs is 1. The molecule has 3 heterocycles. The molecule has 0 unspecified atom stereocenters. The number of hydrogen-bond donors (Lipinski definition) is 1. The van der Waals surface area contributed by atoms with E-state index in [9.17, 15) is 14.7 Å². The summed E-state index contributed by atoms with van der Waals surface area (Å²) in [7, 11) is 1.59. The Morgan fingerprint density at radius 1 is 1.14 bits per heavy atom. The van der Waals surface area contributed by atoms with Crippen molar-refractivity contribution >= 4 is 49.7 Å². The van der Waals surface area contributed by atoms with Crippen LogP contribution >= 0.6 is 22.7 Å². The van der Waals surface area contributed by atoms with Crippen LogP contribution in [0.2, 0.25) is 0 Å². The molecule has 0 bridgehead atoms. The molecule has 0 aliphatic carbocycles. The quantitative estimate of drug-likeness (QED) is 0.205. The van der Waals surface area contributed by atoms with Gasteiger partial charge in [0.1, 0.15) is 11.5 Å². The highest BCUT2D eigenvalue weighted by Gasteiger charge is 2.46. The van der Waals surface area contributed by atoms with Crippen LogP contribution in [0.3, 0.4) is 0 Å². The van der Waals surface area contributed by atoms with Gasteiger partial charge >= 0.3 is 0 Å². The second kappa shape index (κ2) is 10.1. The molecule has 5 rings (SSSR count). The predicted octanol–water partition coefficient (Wildman–Crippen LogP) is 6.33. The summed E-state index contributed by atoms with van der Waals surface area (Å²) in [6.45, 7) is 2.65. The number of aromatic nitrogens is 1. The van der Waals surface area contributed by atoms with Crippen LogP contribution in [0, 0.1) is 0 Å². The molecular formula is C27H24N2O5S2. The first-order valence-corrected chi connectivity index (χ1v) is 13.2. The second-order valence-corrected chi connectivity index (χ2v) is 10.2. The summed E-state index contributed by atoms with van der Waals surface area (Å²) < 4.78 is 12.0. The van der Waals surface area contributed by atoms with Crippen molar-refractivity contribution in [3.8, 4) is 11.5 Å². The van der Waals surface area contributed by atoms with E-state index in [2.05, 4.69) is 11.9 Å². The first-order chi connectivity index (χ1) is 17.5. The predicted molar refractivity (Wildman–Crippen MR) is 142 cm³/mol. The number of amides is 1. The molecule has 1 amide bonds. The molecular weight excluding hydrogens is 496 g/mol. The minimum absolute atomic E-state index is 0.0324. The minimum Gasteiger partial charge on any atom is -0.503 e. The van der Waals surface area contributed by atoms with Gasteiger partial charge in [0.25, 0.3) is 5.91 Å². The maximum atomic E-state index is 13.5. The number of carbonyl (C=O) groups is 2. The summed E-state index contributed by atoms with van der Waals surface area (Å²) in [4.78, 5) is 33.5. The van der Waals surface area contributed by atoms with Crippen molar-refractivity contribution in [2.24, 2.45) is 0 Å². The van der Waals surface area contributed by atoms with Gasteiger partial charge < -0.3 is 14.6 Å². The number of methoxy groups -OCH3 is 1. The van der Waals surface area contributed by atoms with Gasteiger partial charge in [-0.15, -0.1) is 11.3 Å². The molecule has 1 aliphatic rings. The largest absolute Gasteiger partial charge is 0.503 e. The maximum Gasteiger partial charge on any atom is 0.296 e. The van der Waals surface area contributed by atoms with Gasteiger partial charge in [0.05, 0.1) is 40.4 Å². The van der Waals surface area contributed by atoms with Crippen LogP contribution in [0.4, 0.5) is 5.13 Å². The van der Waals surface area contributed by atoms with Crippen molar-refractivity contribution in [2.45, 2.75) is 25.8 Å². The zero-order valence-electron chi connectivity index (χ0n) is 19.8. The number of anilines is 1. The SMILES string of the molecule is CCCCOc1cccc([C@H]2C(C(=O)c3cccs3)=C(O)C(=O)N2c2nc3ccc(OC)cc3s2)c1. The summed E-state index contributed by atoms with van der Waals surface area (Å²) >= 11 is 2.56. The Morgan fingerprint density at radius 3 is 2.75 bits per heavy atom. The molecule has 0 fully saturated rings. The van der Waals surface area contributed by atoms with E-state index in [4.69, 9.17) is 9.47 Å². The van der Waals surface area contributed by atoms with E-state index >= 15 is 0 Å². The maximum absolute atomic E-state index is 13.5. The number of carbonyl (C=O) groups excluding carboxylic acids is 2. The lowest BCUT2D eigenvalue weighted by Gasteiger charge is -2.24. The van der Waals surface area contributed by atoms with E-state index in [0.29, 0.717) is 39.2 Å². The smallest absolute Gasteiger partial charge is 0.296 e. The standard InChI is InChI=1S/C27H24N2O5S2/c1-3-4-12-34-18-8-5-7-16(14-18)23-22(24(30)20-9-6-13-35-20)25(31)26(32)29(23)27-28-19-11-10-17(33-2)15-21(19)36-27/h5-11,13-15,23,31H,3-4,12H2,1-2H3/t23-/m0/s1. The summed E-state index contributed by atoms with van der Waals surface area (Å²) in [5, 5.41) is 13.2. The minimum atomic E-state index is -0.857. The van der Waals surface area contributed by atoms with E-state index in [0.717, 1.165) is 17.5 Å². The van der Waals surface area contributed by atoms with Gasteiger partial charge in [-0.2, -0.15) is 0 Å². The third-order valence-electron chi connectivity index (χ3n) is 5.93. The molecule has 0 spiro atoms. The van der Waals surface area contributed by atoms with Crippen LogP contribution in [-0.2, 0) is 4.79 Å². The molecule has 7 nitrogen and oxygen atoms in total. The molecule has 2 aromatic heterocycles. The summed E-state index contributed by atoms with van der Waals surface area (Å²) in [5.74, 6) is -0.302. The van der Waals surface area contributed by atoms with E-state index in [1.807, 2.05) is 36.4 Å². The highest BCUT2D eigenvalue weighted by molar-refractivity contribution is 7.22. The molecule has 0 saturated heterocycles. The Balaban J connectivity index is 1.62. The Labute approximate surface area is 216 Å². The van der Waals surface area contributed by atoms with Crippen molar-refractivity contribution < 1.29 is 24.2 Å². The molecule has 0 radical (unpaired) electrons. The lowest BCUT2D eigenvalue weighted by Crippen LogP contribution is -2.30. The van der Waals surface area contributed by atoms with Crippen LogP contribution in [0.25, 0.3) is 10.2 Å². The molecule has 1 N–H and O–H groups in total. The lowest BCUT2D eigenvalue weighted by atomic mass is 9.95. The van der Waals surface area contributed by atoms with Gasteiger partial charge in [0.15, 0.2) is 10.9 Å². The average molecular weight is 521 g/mol. The number of Topliss-reactive ketones (excluding diaryl/α,β-unsaturated/α-hetero) is 1. The number of thiazole rings is 1. The van der Waals surface area contributed by atoms with E-state index in [1.165, 1.54) is 27.6 Å². The van der Waals surface area contributed by atoms with Crippen molar-refractivity contribution in [1.29, 1.82) is 0 Å². The van der Waals surface area contributed by atoms with Gasteiger partial charge in [0.2, 0.25) is 5.78 Å². The Bertz CT molecular complexity index is 1460. The Kier molecular flexibility index (Phi) is 6.75. The fraction of sp³-hybridized carbons (Fsp3) is 0.222. The number of benzene rings is 2. The van der Waals surface area contributed by atoms with Crippen LogP contribution in [-0.4, -0.2) is 35.5 Å². The van der Waals surface area contributed by atoms with Crippen molar-refractivity contribution in [3.63, 3.8) is 0 Å². The highest BCUT2D eigenvalue weighted by Crippen LogP contribution is 2.45. The fourth-order valence-electron chi connectivity index (χ4n) is 4.12. The molecule has 2 aromatic carbocycles. The Morgan fingerprint density at radius 2 is 2.00 bits per heavy atom. The van der Waals surface area contributed by atoms with Gasteiger partial charge in [-0.1, -0.05) is 42.9 Å². The number of unbranched alkanes of at least 4 members (excludes halogenated alkanes) is 1. The third-order valence-corrected chi connectivity index (χ3v) is 7.81. The van der Waals surface area contributed by atoms with E-state index < -0.39 is 17.7 Å². The highest BCUT2D eigenvalue weighted by atomic mass is 32.1. The zero-order valence-corrected chi connectivity index (χ0v) is 21.4. The number of hydrogen-bond acceptors (Lipinski definition) is 8. The van der Waals surface area contributed by atoms with Gasteiger partial charge in [-0.05, 0) is 53.8 Å². The second-order valence-electron chi connectivity index (χ2n) is 8.25. The van der Waals surface area contributed by atoms with E-state index in [-0.39, 0.29) is 11.4 Å². The Hall–Kier alpha value is -3.69. The number of ketones is 1. The third kappa shape index (κ3) is 4.36. The lowest BCUT2D eigenvalue weighted by molar-refractivity contribution is -0.117. The van der Waals surface area contributed by atoms with Crippen LogP contribution < -0.4 is 14.4 Å².